The molecule has 0 spiro atoms. The number of aryl methyl sites for hydroxylation is 2. The summed E-state index contributed by atoms with van der Waals surface area (Å²) in [5.41, 5.74) is 2.23. The lowest BCUT2D eigenvalue weighted by molar-refractivity contribution is -0.117. The Bertz CT molecular complexity index is 1210. The normalized spacial score (nSPS) is 11.2. The molecule has 0 aliphatic heterocycles. The van der Waals surface area contributed by atoms with E-state index in [1.165, 1.54) is 9.48 Å². The van der Waals surface area contributed by atoms with Gasteiger partial charge in [0, 0.05) is 12.4 Å². The molecule has 0 aliphatic carbocycles. The molecule has 0 saturated heterocycles. The van der Waals surface area contributed by atoms with Gasteiger partial charge in [-0.05, 0) is 25.1 Å². The maximum absolute atomic E-state index is 12.6. The minimum atomic E-state index is -0.354. The first kappa shape index (κ1) is 15.9. The van der Waals surface area contributed by atoms with Gasteiger partial charge in [-0.3, -0.25) is 9.59 Å². The molecule has 0 radical (unpaired) electrons. The molecule has 2 heterocycles. The summed E-state index contributed by atoms with van der Waals surface area (Å²) in [5, 5.41) is 16.8. The molecule has 0 saturated carbocycles. The van der Waals surface area contributed by atoms with Crippen molar-refractivity contribution < 1.29 is 4.79 Å². The second kappa shape index (κ2) is 6.07. The highest BCUT2D eigenvalue weighted by atomic mass is 16.2. The molecule has 0 aliphatic rings. The van der Waals surface area contributed by atoms with E-state index in [1.54, 1.807) is 31.3 Å². The summed E-state index contributed by atoms with van der Waals surface area (Å²) in [6, 6.07) is 12.6. The van der Waals surface area contributed by atoms with Crippen molar-refractivity contribution in [2.75, 3.05) is 5.32 Å². The predicted molar refractivity (Wildman–Crippen MR) is 97.9 cm³/mol. The Hall–Kier alpha value is -3.55. The van der Waals surface area contributed by atoms with Gasteiger partial charge in [0.15, 0.2) is 0 Å². The first-order valence-corrected chi connectivity index (χ1v) is 8.09. The highest BCUT2D eigenvalue weighted by Gasteiger charge is 2.13. The monoisotopic (exact) mass is 348 g/mol. The molecule has 1 amide bonds. The standard InChI is InChI=1S/C18H16N6O2/c1-11-12-6-3-4-7-13(12)18(26)24(20-11)10-16(25)19-14-8-5-9-15-17(14)22-23(2)21-15/h3-9H,10H2,1-2H3,(H,19,25). The van der Waals surface area contributed by atoms with Gasteiger partial charge in [-0.2, -0.15) is 20.1 Å². The fourth-order valence-electron chi connectivity index (χ4n) is 2.98. The van der Waals surface area contributed by atoms with E-state index in [9.17, 15) is 9.59 Å². The van der Waals surface area contributed by atoms with Crippen LogP contribution in [0.4, 0.5) is 5.69 Å². The van der Waals surface area contributed by atoms with Crippen molar-refractivity contribution in [3.8, 4) is 0 Å². The average Bonchev–Trinajstić information content (AvgIpc) is 3.01. The van der Waals surface area contributed by atoms with Gasteiger partial charge >= 0.3 is 0 Å². The molecule has 0 atom stereocenters. The Balaban J connectivity index is 1.65. The van der Waals surface area contributed by atoms with E-state index in [0.29, 0.717) is 27.8 Å². The number of aromatic nitrogens is 5. The summed E-state index contributed by atoms with van der Waals surface area (Å²) in [7, 11) is 1.72. The van der Waals surface area contributed by atoms with Crippen LogP contribution in [0.2, 0.25) is 0 Å². The van der Waals surface area contributed by atoms with E-state index < -0.39 is 0 Å². The highest BCUT2D eigenvalue weighted by molar-refractivity contribution is 5.99. The van der Waals surface area contributed by atoms with Gasteiger partial charge in [0.05, 0.1) is 16.8 Å². The van der Waals surface area contributed by atoms with Crippen LogP contribution in [-0.2, 0) is 18.4 Å². The molecule has 0 bridgehead atoms. The number of nitrogens with one attached hydrogen (secondary N) is 1. The molecule has 2 aromatic carbocycles. The van der Waals surface area contributed by atoms with Crippen LogP contribution >= 0.6 is 0 Å². The second-order valence-corrected chi connectivity index (χ2v) is 6.00. The van der Waals surface area contributed by atoms with Crippen LogP contribution in [0.1, 0.15) is 5.69 Å². The molecule has 4 rings (SSSR count). The van der Waals surface area contributed by atoms with Crippen LogP contribution in [0.5, 0.6) is 0 Å². The Morgan fingerprint density at radius 1 is 1.04 bits per heavy atom. The number of hydrogen-bond acceptors (Lipinski definition) is 5. The summed E-state index contributed by atoms with van der Waals surface area (Å²) in [6.45, 7) is 1.64. The van der Waals surface area contributed by atoms with Crippen molar-refractivity contribution in [1.29, 1.82) is 0 Å². The zero-order valence-electron chi connectivity index (χ0n) is 14.3. The number of anilines is 1. The SMILES string of the molecule is Cc1nn(CC(=O)Nc2cccc3nn(C)nc23)c(=O)c2ccccc12. The zero-order valence-corrected chi connectivity index (χ0v) is 14.3. The van der Waals surface area contributed by atoms with Crippen molar-refractivity contribution in [2.24, 2.45) is 7.05 Å². The lowest BCUT2D eigenvalue weighted by Crippen LogP contribution is -2.30. The average molecular weight is 348 g/mol. The molecular formula is C18H16N6O2. The number of rotatable bonds is 3. The smallest absolute Gasteiger partial charge is 0.275 e. The molecule has 26 heavy (non-hydrogen) atoms. The Kier molecular flexibility index (Phi) is 3.72. The number of fused-ring (bicyclic) bond motifs is 2. The van der Waals surface area contributed by atoms with Crippen LogP contribution in [0.3, 0.4) is 0 Å². The second-order valence-electron chi connectivity index (χ2n) is 6.00. The fraction of sp³-hybridized carbons (Fsp3) is 0.167. The number of nitrogens with zero attached hydrogens (tertiary/aromatic N) is 5. The number of carbonyl (C=O) groups excluding carboxylic acids is 1. The van der Waals surface area contributed by atoms with Gasteiger partial charge in [-0.1, -0.05) is 24.3 Å². The molecule has 2 aromatic heterocycles. The maximum Gasteiger partial charge on any atom is 0.275 e. The van der Waals surface area contributed by atoms with Crippen molar-refractivity contribution in [1.82, 2.24) is 24.8 Å². The minimum absolute atomic E-state index is 0.179. The summed E-state index contributed by atoms with van der Waals surface area (Å²) < 4.78 is 1.18. The van der Waals surface area contributed by atoms with Gasteiger partial charge in [-0.15, -0.1) is 0 Å². The van der Waals surface area contributed by atoms with E-state index in [-0.39, 0.29) is 18.0 Å². The molecule has 8 nitrogen and oxygen atoms in total. The Morgan fingerprint density at radius 2 is 1.81 bits per heavy atom. The molecule has 8 heteroatoms. The first-order valence-electron chi connectivity index (χ1n) is 8.09. The van der Waals surface area contributed by atoms with Crippen molar-refractivity contribution in [3.05, 3.63) is 58.5 Å². The van der Waals surface area contributed by atoms with Gasteiger partial charge in [-0.25, -0.2) is 4.68 Å². The first-order chi connectivity index (χ1) is 12.5. The van der Waals surface area contributed by atoms with E-state index >= 15 is 0 Å². The summed E-state index contributed by atoms with van der Waals surface area (Å²) in [4.78, 5) is 26.5. The van der Waals surface area contributed by atoms with E-state index in [0.717, 1.165) is 5.39 Å². The topological polar surface area (TPSA) is 94.7 Å². The summed E-state index contributed by atoms with van der Waals surface area (Å²) in [6.07, 6.45) is 0. The summed E-state index contributed by atoms with van der Waals surface area (Å²) in [5.74, 6) is -0.354. The van der Waals surface area contributed by atoms with E-state index in [4.69, 9.17) is 0 Å². The van der Waals surface area contributed by atoms with E-state index in [2.05, 4.69) is 20.6 Å². The number of benzene rings is 2. The third kappa shape index (κ3) is 2.71. The van der Waals surface area contributed by atoms with Crippen LogP contribution in [0.15, 0.2) is 47.3 Å². The van der Waals surface area contributed by atoms with Crippen molar-refractivity contribution >= 4 is 33.4 Å². The van der Waals surface area contributed by atoms with Crippen LogP contribution in [0.25, 0.3) is 21.8 Å². The zero-order chi connectivity index (χ0) is 18.3. The highest BCUT2D eigenvalue weighted by Crippen LogP contribution is 2.19. The predicted octanol–water partition coefficient (Wildman–Crippen LogP) is 1.63. The Labute approximate surface area is 148 Å². The van der Waals surface area contributed by atoms with Gasteiger partial charge in [0.25, 0.3) is 5.56 Å². The number of carbonyl (C=O) groups is 1. The maximum atomic E-state index is 12.6. The van der Waals surface area contributed by atoms with Crippen molar-refractivity contribution in [2.45, 2.75) is 13.5 Å². The fourth-order valence-corrected chi connectivity index (χ4v) is 2.98. The van der Waals surface area contributed by atoms with Gasteiger partial charge < -0.3 is 5.32 Å². The largest absolute Gasteiger partial charge is 0.322 e. The van der Waals surface area contributed by atoms with Gasteiger partial charge in [0.1, 0.15) is 17.6 Å². The summed E-state index contributed by atoms with van der Waals surface area (Å²) >= 11 is 0. The van der Waals surface area contributed by atoms with Gasteiger partial charge in [0.2, 0.25) is 5.91 Å². The number of hydrogen-bond donors (Lipinski definition) is 1. The third-order valence-corrected chi connectivity index (χ3v) is 4.13. The molecule has 0 unspecified atom stereocenters. The van der Waals surface area contributed by atoms with Crippen LogP contribution < -0.4 is 10.9 Å². The molecule has 4 aromatic rings. The minimum Gasteiger partial charge on any atom is -0.322 e. The number of amides is 1. The van der Waals surface area contributed by atoms with Crippen molar-refractivity contribution in [3.63, 3.8) is 0 Å². The van der Waals surface area contributed by atoms with Crippen LogP contribution in [0, 0.1) is 6.92 Å². The lowest BCUT2D eigenvalue weighted by atomic mass is 10.1. The van der Waals surface area contributed by atoms with E-state index in [1.807, 2.05) is 25.1 Å². The Morgan fingerprint density at radius 3 is 2.62 bits per heavy atom. The van der Waals surface area contributed by atoms with Crippen LogP contribution in [-0.4, -0.2) is 30.7 Å². The molecule has 0 fully saturated rings. The molecular weight excluding hydrogens is 332 g/mol. The quantitative estimate of drug-likeness (QED) is 0.607. The molecule has 130 valence electrons. The lowest BCUT2D eigenvalue weighted by Gasteiger charge is -2.09. The molecule has 1 N–H and O–H groups in total. The third-order valence-electron chi connectivity index (χ3n) is 4.13.